The van der Waals surface area contributed by atoms with E-state index in [4.69, 9.17) is 0 Å². The Bertz CT molecular complexity index is 2410. The predicted molar refractivity (Wildman–Crippen MR) is 257 cm³/mol. The van der Waals surface area contributed by atoms with E-state index in [-0.39, 0.29) is 0 Å². The molecule has 0 aliphatic heterocycles. The van der Waals surface area contributed by atoms with Gasteiger partial charge < -0.3 is 0 Å². The van der Waals surface area contributed by atoms with E-state index in [9.17, 15) is 0 Å². The van der Waals surface area contributed by atoms with Gasteiger partial charge in [0.25, 0.3) is 0 Å². The average molecular weight is 1530 g/mol. The normalized spacial score (nSPS) is 11.4. The third-order valence-electron chi connectivity index (χ3n) is 10.1. The Morgan fingerprint density at radius 1 is 0.138 bits per heavy atom. The zero-order valence-electron chi connectivity index (χ0n) is 32.0. The summed E-state index contributed by atoms with van der Waals surface area (Å²) < 4.78 is 18.6. The van der Waals surface area contributed by atoms with Crippen LogP contribution in [0.25, 0.3) is 0 Å². The van der Waals surface area contributed by atoms with Gasteiger partial charge >= 0.3 is 381 Å². The zero-order valence-corrected chi connectivity index (χ0v) is 45.9. The van der Waals surface area contributed by atoms with Gasteiger partial charge in [-0.1, -0.05) is 0 Å². The molecule has 0 aliphatic carbocycles. The summed E-state index contributed by atoms with van der Waals surface area (Å²) >= 11 is -10.7. The fourth-order valence-electron chi connectivity index (χ4n) is 7.56. The van der Waals surface area contributed by atoms with E-state index >= 15 is 0 Å². The van der Waals surface area contributed by atoms with Crippen LogP contribution in [0.15, 0.2) is 255 Å². The van der Waals surface area contributed by atoms with Gasteiger partial charge in [0.1, 0.15) is 0 Å². The van der Waals surface area contributed by atoms with Crippen LogP contribution in [0.4, 0.5) is 0 Å². The van der Waals surface area contributed by atoms with Crippen molar-refractivity contribution >= 4 is 126 Å². The molecule has 0 spiro atoms. The standard InChI is InChI=1S/6C6H5.3C6H4.4Bi/c9*1-2-4-6-5-3-1;;;;/h6*1-5H;3*1-3,6H;;;;. The van der Waals surface area contributed by atoms with E-state index in [1.54, 1.807) is 19.6 Å². The van der Waals surface area contributed by atoms with Gasteiger partial charge in [-0.15, -0.1) is 0 Å². The first-order valence-electron chi connectivity index (χ1n) is 19.6. The summed E-state index contributed by atoms with van der Waals surface area (Å²) in [6.07, 6.45) is 0. The molecule has 0 nitrogen and oxygen atoms in total. The van der Waals surface area contributed by atoms with Gasteiger partial charge in [-0.25, -0.2) is 0 Å². The van der Waals surface area contributed by atoms with Crippen LogP contribution in [0, 0.1) is 0 Å². The molecule has 0 aliphatic rings. The molecule has 0 heterocycles. The maximum absolute atomic E-state index is 2.78. The molecule has 9 aromatic carbocycles. The van der Waals surface area contributed by atoms with Gasteiger partial charge in [0.05, 0.1) is 0 Å². The summed E-state index contributed by atoms with van der Waals surface area (Å²) in [4.78, 5) is 0. The molecule has 0 atom stereocenters. The van der Waals surface area contributed by atoms with E-state index in [2.05, 4.69) is 255 Å². The summed E-state index contributed by atoms with van der Waals surface area (Å²) in [7, 11) is 0. The van der Waals surface area contributed by atoms with Crippen LogP contribution in [-0.4, -0.2) is 87.0 Å². The molecule has 0 saturated carbocycles. The SMILES string of the molecule is c1cc[c]([Bi]([c]2ccccc2)[c]2ccc[c]([Bi]([c]3ccccc3)[c]3ccc[c]([Bi]([c]4ccccc4)[c]4ccc[c]([Bi]([c]5ccccc5)[c]5ccccc5)c4)c3)c2)cc1. The van der Waals surface area contributed by atoms with Crippen molar-refractivity contribution in [1.82, 2.24) is 0 Å². The van der Waals surface area contributed by atoms with Gasteiger partial charge in [-0.3, -0.25) is 0 Å². The maximum atomic E-state index is 2.68. The predicted octanol–water partition coefficient (Wildman–Crippen LogP) is 3.75. The van der Waals surface area contributed by atoms with Crippen molar-refractivity contribution < 1.29 is 0 Å². The fraction of sp³-hybridized carbons (Fsp3) is 0. The van der Waals surface area contributed by atoms with Gasteiger partial charge in [-0.05, 0) is 0 Å². The molecule has 58 heavy (non-hydrogen) atoms. The topological polar surface area (TPSA) is 0 Å². The van der Waals surface area contributed by atoms with E-state index in [1.165, 1.54) is 19.6 Å². The molecule has 0 amide bonds. The Morgan fingerprint density at radius 3 is 0.448 bits per heavy atom. The summed E-state index contributed by atoms with van der Waals surface area (Å²) in [6.45, 7) is 0. The first kappa shape index (κ1) is 39.9. The van der Waals surface area contributed by atoms with Crippen molar-refractivity contribution in [2.45, 2.75) is 0 Å². The quantitative estimate of drug-likeness (QED) is 0.164. The molecular weight excluding hydrogens is 1480 g/mol. The number of hydrogen-bond acceptors (Lipinski definition) is 0. The molecular formula is C54H42Bi4. The first-order valence-corrected chi connectivity index (χ1v) is 40.5. The van der Waals surface area contributed by atoms with Crippen LogP contribution in [0.1, 0.15) is 0 Å². The van der Waals surface area contributed by atoms with Crippen molar-refractivity contribution in [2.75, 3.05) is 0 Å². The molecule has 0 fully saturated rings. The molecule has 0 unspecified atom stereocenters. The Morgan fingerprint density at radius 2 is 0.276 bits per heavy atom. The summed E-state index contributed by atoms with van der Waals surface area (Å²) in [6, 6.07) is 98.1. The molecule has 0 saturated heterocycles. The first-order chi connectivity index (χ1) is 28.8. The molecule has 0 radical (unpaired) electrons. The number of benzene rings is 9. The van der Waals surface area contributed by atoms with Gasteiger partial charge in [-0.2, -0.15) is 0 Å². The fourth-order valence-corrected chi connectivity index (χ4v) is 49.3. The minimum atomic E-state index is -2.78. The van der Waals surface area contributed by atoms with E-state index in [0.29, 0.717) is 0 Å². The molecule has 4 heteroatoms. The second-order valence-electron chi connectivity index (χ2n) is 13.9. The Balaban J connectivity index is 1.17. The van der Waals surface area contributed by atoms with E-state index in [1.807, 2.05) is 0 Å². The Labute approximate surface area is 376 Å². The molecule has 0 N–H and O–H groups in total. The molecule has 278 valence electrons. The molecule has 9 rings (SSSR count). The van der Waals surface area contributed by atoms with Crippen molar-refractivity contribution in [3.63, 3.8) is 0 Å². The van der Waals surface area contributed by atoms with Crippen molar-refractivity contribution in [3.05, 3.63) is 255 Å². The van der Waals surface area contributed by atoms with Crippen molar-refractivity contribution in [2.24, 2.45) is 0 Å². The Kier molecular flexibility index (Phi) is 13.6. The molecule has 9 aromatic rings. The van der Waals surface area contributed by atoms with Crippen LogP contribution in [-0.2, 0) is 0 Å². The second-order valence-corrected chi connectivity index (χ2v) is 48.4. The number of hydrogen-bond donors (Lipinski definition) is 0. The van der Waals surface area contributed by atoms with Crippen LogP contribution in [0.5, 0.6) is 0 Å². The Hall–Kier alpha value is -3.49. The van der Waals surface area contributed by atoms with Gasteiger partial charge in [0.15, 0.2) is 0 Å². The third-order valence-corrected chi connectivity index (χ3v) is 47.7. The van der Waals surface area contributed by atoms with Crippen molar-refractivity contribution in [1.29, 1.82) is 0 Å². The van der Waals surface area contributed by atoms with Crippen LogP contribution in [0.3, 0.4) is 0 Å². The van der Waals surface area contributed by atoms with Gasteiger partial charge in [0.2, 0.25) is 0 Å². The second kappa shape index (κ2) is 19.7. The van der Waals surface area contributed by atoms with Crippen LogP contribution >= 0.6 is 0 Å². The minimum absolute atomic E-state index is 1.53. The molecule has 0 bridgehead atoms. The number of rotatable bonds is 12. The summed E-state index contributed by atoms with van der Waals surface area (Å²) in [5, 5.41) is 0. The zero-order chi connectivity index (χ0) is 38.9. The third kappa shape index (κ3) is 9.28. The average Bonchev–Trinajstić information content (AvgIpc) is 3.30. The summed E-state index contributed by atoms with van der Waals surface area (Å²) in [5.74, 6) is 0. The van der Waals surface area contributed by atoms with E-state index < -0.39 is 87.0 Å². The monoisotopic (exact) mass is 1530 g/mol. The van der Waals surface area contributed by atoms with Crippen molar-refractivity contribution in [3.8, 4) is 0 Å². The van der Waals surface area contributed by atoms with Crippen LogP contribution < -0.4 is 39.3 Å². The van der Waals surface area contributed by atoms with Gasteiger partial charge in [0, 0.05) is 0 Å². The van der Waals surface area contributed by atoms with E-state index in [0.717, 1.165) is 0 Å². The van der Waals surface area contributed by atoms with Crippen LogP contribution in [0.2, 0.25) is 0 Å². The summed E-state index contributed by atoms with van der Waals surface area (Å²) in [5.41, 5.74) is 0. The molecule has 0 aromatic heterocycles.